The lowest BCUT2D eigenvalue weighted by Gasteiger charge is -2.61. The van der Waals surface area contributed by atoms with Crippen LogP contribution in [0.3, 0.4) is 0 Å². The quantitative estimate of drug-likeness (QED) is 0.816. The number of nitrogens with one attached hydrogen (secondary N) is 1. The van der Waals surface area contributed by atoms with E-state index in [1.54, 1.807) is 6.92 Å². The Labute approximate surface area is 103 Å². The summed E-state index contributed by atoms with van der Waals surface area (Å²) in [6.07, 6.45) is 7.66. The van der Waals surface area contributed by atoms with Gasteiger partial charge in [-0.25, -0.2) is 0 Å². The zero-order valence-electron chi connectivity index (χ0n) is 10.9. The first-order valence-corrected chi connectivity index (χ1v) is 6.84. The predicted octanol–water partition coefficient (Wildman–Crippen LogP) is 2.11. The molecular weight excluding hydrogens is 214 g/mol. The topological polar surface area (TPSA) is 38.3 Å². The van der Waals surface area contributed by atoms with Crippen LogP contribution < -0.4 is 5.32 Å². The van der Waals surface area contributed by atoms with Crippen LogP contribution in [-0.4, -0.2) is 25.2 Å². The Bertz CT molecular complexity index is 325. The number of carbonyl (C=O) groups is 1. The van der Waals surface area contributed by atoms with E-state index in [0.717, 1.165) is 24.8 Å². The standard InChI is InChI=1S/C14H23NO2/c1-10(16)15-9-13-4-11-3-12(5-13)7-14(6-11,8-13)17-2/h11-12H,3-9H2,1-2H3,(H,15,16). The van der Waals surface area contributed by atoms with E-state index in [1.165, 1.54) is 32.1 Å². The molecule has 0 spiro atoms. The van der Waals surface area contributed by atoms with Gasteiger partial charge >= 0.3 is 0 Å². The molecule has 0 aromatic heterocycles. The van der Waals surface area contributed by atoms with E-state index in [1.807, 2.05) is 7.11 Å². The van der Waals surface area contributed by atoms with E-state index in [-0.39, 0.29) is 11.5 Å². The van der Waals surface area contributed by atoms with Crippen molar-refractivity contribution in [2.75, 3.05) is 13.7 Å². The summed E-state index contributed by atoms with van der Waals surface area (Å²) in [5.41, 5.74) is 0.480. The Morgan fingerprint density at radius 2 is 1.94 bits per heavy atom. The Morgan fingerprint density at radius 3 is 2.47 bits per heavy atom. The molecule has 0 aromatic carbocycles. The van der Waals surface area contributed by atoms with Gasteiger partial charge in [-0.1, -0.05) is 0 Å². The van der Waals surface area contributed by atoms with Gasteiger partial charge in [0.15, 0.2) is 0 Å². The number of rotatable bonds is 3. The maximum atomic E-state index is 11.1. The van der Waals surface area contributed by atoms with Crippen molar-refractivity contribution in [2.45, 2.75) is 51.0 Å². The smallest absolute Gasteiger partial charge is 0.216 e. The largest absolute Gasteiger partial charge is 0.378 e. The molecule has 4 rings (SSSR count). The van der Waals surface area contributed by atoms with Crippen molar-refractivity contribution in [3.05, 3.63) is 0 Å². The second kappa shape index (κ2) is 3.71. The van der Waals surface area contributed by atoms with Crippen LogP contribution in [0.4, 0.5) is 0 Å². The van der Waals surface area contributed by atoms with Crippen molar-refractivity contribution in [3.8, 4) is 0 Å². The van der Waals surface area contributed by atoms with Gasteiger partial charge in [-0.2, -0.15) is 0 Å². The fourth-order valence-corrected chi connectivity index (χ4v) is 5.12. The highest BCUT2D eigenvalue weighted by atomic mass is 16.5. The third kappa shape index (κ3) is 1.88. The fraction of sp³-hybridized carbons (Fsp3) is 0.929. The normalized spacial score (nSPS) is 47.2. The molecule has 4 bridgehead atoms. The van der Waals surface area contributed by atoms with Crippen LogP contribution in [0.2, 0.25) is 0 Å². The molecule has 96 valence electrons. The first kappa shape index (κ1) is 11.5. The van der Waals surface area contributed by atoms with Crippen LogP contribution >= 0.6 is 0 Å². The highest BCUT2D eigenvalue weighted by Gasteiger charge is 2.57. The van der Waals surface area contributed by atoms with Gasteiger partial charge in [0.2, 0.25) is 5.91 Å². The lowest BCUT2D eigenvalue weighted by atomic mass is 9.48. The Hall–Kier alpha value is -0.570. The number of carbonyl (C=O) groups excluding carboxylic acids is 1. The van der Waals surface area contributed by atoms with Crippen molar-refractivity contribution in [2.24, 2.45) is 17.3 Å². The molecule has 4 saturated carbocycles. The van der Waals surface area contributed by atoms with E-state index in [0.29, 0.717) is 5.41 Å². The molecule has 4 aliphatic carbocycles. The first-order valence-electron chi connectivity index (χ1n) is 6.84. The van der Waals surface area contributed by atoms with Crippen molar-refractivity contribution in [1.29, 1.82) is 0 Å². The molecule has 4 aliphatic rings. The zero-order chi connectivity index (χ0) is 12.1. The number of hydrogen-bond acceptors (Lipinski definition) is 2. The van der Waals surface area contributed by atoms with Gasteiger partial charge in [-0.15, -0.1) is 0 Å². The number of methoxy groups -OCH3 is 1. The maximum absolute atomic E-state index is 11.1. The van der Waals surface area contributed by atoms with E-state index >= 15 is 0 Å². The lowest BCUT2D eigenvalue weighted by Crippen LogP contribution is -2.59. The molecule has 2 unspecified atom stereocenters. The van der Waals surface area contributed by atoms with E-state index in [4.69, 9.17) is 4.74 Å². The third-order valence-electron chi connectivity index (χ3n) is 5.27. The number of hydrogen-bond donors (Lipinski definition) is 1. The maximum Gasteiger partial charge on any atom is 0.216 e. The average molecular weight is 237 g/mol. The Kier molecular flexibility index (Phi) is 2.51. The van der Waals surface area contributed by atoms with Crippen LogP contribution in [0, 0.1) is 17.3 Å². The molecule has 0 saturated heterocycles. The van der Waals surface area contributed by atoms with Crippen molar-refractivity contribution < 1.29 is 9.53 Å². The van der Waals surface area contributed by atoms with Gasteiger partial charge in [0.1, 0.15) is 0 Å². The summed E-state index contributed by atoms with van der Waals surface area (Å²) in [6.45, 7) is 2.48. The minimum absolute atomic E-state index is 0.104. The molecule has 0 heterocycles. The van der Waals surface area contributed by atoms with Gasteiger partial charge in [0.25, 0.3) is 0 Å². The highest BCUT2D eigenvalue weighted by molar-refractivity contribution is 5.72. The van der Waals surface area contributed by atoms with Crippen molar-refractivity contribution >= 4 is 5.91 Å². The Morgan fingerprint density at radius 1 is 1.29 bits per heavy atom. The highest BCUT2D eigenvalue weighted by Crippen LogP contribution is 2.62. The van der Waals surface area contributed by atoms with Crippen molar-refractivity contribution in [1.82, 2.24) is 5.32 Å². The van der Waals surface area contributed by atoms with E-state index in [2.05, 4.69) is 5.32 Å². The van der Waals surface area contributed by atoms with Crippen molar-refractivity contribution in [3.63, 3.8) is 0 Å². The molecule has 4 fully saturated rings. The molecule has 3 heteroatoms. The minimum atomic E-state index is 0.104. The van der Waals surface area contributed by atoms with Gasteiger partial charge in [0, 0.05) is 20.6 Å². The van der Waals surface area contributed by atoms with Crippen LogP contribution in [0.15, 0.2) is 0 Å². The van der Waals surface area contributed by atoms with Crippen LogP contribution in [0.1, 0.15) is 45.4 Å². The summed E-state index contributed by atoms with van der Waals surface area (Å²) in [5, 5.41) is 3.05. The number of amides is 1. The van der Waals surface area contributed by atoms with Crippen LogP contribution in [-0.2, 0) is 9.53 Å². The van der Waals surface area contributed by atoms with E-state index in [9.17, 15) is 4.79 Å². The summed E-state index contributed by atoms with van der Waals surface area (Å²) in [4.78, 5) is 11.1. The molecular formula is C14H23NO2. The molecule has 3 nitrogen and oxygen atoms in total. The van der Waals surface area contributed by atoms with Gasteiger partial charge in [-0.05, 0) is 55.8 Å². The molecule has 1 N–H and O–H groups in total. The average Bonchev–Trinajstić information content (AvgIpc) is 2.25. The molecule has 0 aromatic rings. The molecule has 0 radical (unpaired) electrons. The second-order valence-electron chi connectivity index (χ2n) is 6.76. The first-order chi connectivity index (χ1) is 8.05. The van der Waals surface area contributed by atoms with Gasteiger partial charge in [-0.3, -0.25) is 4.79 Å². The molecule has 0 aliphatic heterocycles. The van der Waals surface area contributed by atoms with E-state index < -0.39 is 0 Å². The Balaban J connectivity index is 1.80. The molecule has 2 atom stereocenters. The summed E-state index contributed by atoms with van der Waals surface area (Å²) in [6, 6.07) is 0. The summed E-state index contributed by atoms with van der Waals surface area (Å²) in [5.74, 6) is 1.78. The monoisotopic (exact) mass is 237 g/mol. The predicted molar refractivity (Wildman–Crippen MR) is 65.5 cm³/mol. The SMILES string of the molecule is COC12CC3CC(CC(CNC(C)=O)(C3)C1)C2. The lowest BCUT2D eigenvalue weighted by molar-refractivity contribution is -0.179. The zero-order valence-corrected chi connectivity index (χ0v) is 10.9. The molecule has 1 amide bonds. The summed E-state index contributed by atoms with van der Waals surface area (Å²) >= 11 is 0. The third-order valence-corrected chi connectivity index (χ3v) is 5.27. The van der Waals surface area contributed by atoms with Crippen LogP contribution in [0.25, 0.3) is 0 Å². The fourth-order valence-electron chi connectivity index (χ4n) is 5.12. The summed E-state index contributed by atoms with van der Waals surface area (Å²) < 4.78 is 5.87. The summed E-state index contributed by atoms with van der Waals surface area (Å²) in [7, 11) is 1.87. The van der Waals surface area contributed by atoms with Crippen LogP contribution in [0.5, 0.6) is 0 Å². The number of ether oxygens (including phenoxy) is 1. The van der Waals surface area contributed by atoms with Gasteiger partial charge in [0.05, 0.1) is 5.60 Å². The molecule has 17 heavy (non-hydrogen) atoms. The minimum Gasteiger partial charge on any atom is -0.378 e. The second-order valence-corrected chi connectivity index (χ2v) is 6.76. The van der Waals surface area contributed by atoms with Gasteiger partial charge < -0.3 is 10.1 Å².